The van der Waals surface area contributed by atoms with Gasteiger partial charge in [0.05, 0.1) is 17.3 Å². The van der Waals surface area contributed by atoms with Crippen LogP contribution in [0, 0.1) is 0 Å². The maximum atomic E-state index is 12.6. The molecule has 2 heterocycles. The van der Waals surface area contributed by atoms with Crippen molar-refractivity contribution in [2.75, 3.05) is 0 Å². The van der Waals surface area contributed by atoms with E-state index in [1.165, 1.54) is 0 Å². The van der Waals surface area contributed by atoms with Crippen LogP contribution < -0.4 is 5.56 Å². The van der Waals surface area contributed by atoms with Gasteiger partial charge in [-0.05, 0) is 24.6 Å². The van der Waals surface area contributed by atoms with Crippen LogP contribution in [-0.4, -0.2) is 25.8 Å². The van der Waals surface area contributed by atoms with E-state index in [9.17, 15) is 14.7 Å². The van der Waals surface area contributed by atoms with Crippen molar-refractivity contribution in [3.8, 4) is 5.69 Å². The SMILES string of the molecule is CCC(C(=O)O)c1c2c(nn1-c1ccccc1)c(=O)[nH]c1ccccc12. The van der Waals surface area contributed by atoms with E-state index >= 15 is 0 Å². The number of rotatable bonds is 4. The number of nitrogens with one attached hydrogen (secondary N) is 1. The van der Waals surface area contributed by atoms with E-state index < -0.39 is 11.9 Å². The minimum absolute atomic E-state index is 0.252. The van der Waals surface area contributed by atoms with Crippen LogP contribution in [0.4, 0.5) is 0 Å². The van der Waals surface area contributed by atoms with E-state index in [1.54, 1.807) is 4.68 Å². The van der Waals surface area contributed by atoms with Crippen molar-refractivity contribution in [2.45, 2.75) is 19.3 Å². The summed E-state index contributed by atoms with van der Waals surface area (Å²) in [6.45, 7) is 1.82. The van der Waals surface area contributed by atoms with Crippen LogP contribution in [0.1, 0.15) is 25.0 Å². The molecule has 0 saturated heterocycles. The number of hydrogen-bond acceptors (Lipinski definition) is 3. The first-order chi connectivity index (χ1) is 12.6. The van der Waals surface area contributed by atoms with Crippen molar-refractivity contribution >= 4 is 27.8 Å². The third-order valence-corrected chi connectivity index (χ3v) is 4.62. The van der Waals surface area contributed by atoms with Crippen LogP contribution in [0.2, 0.25) is 0 Å². The fraction of sp³-hybridized carbons (Fsp3) is 0.150. The Morgan fingerprint density at radius 3 is 2.54 bits per heavy atom. The van der Waals surface area contributed by atoms with Gasteiger partial charge in [0.1, 0.15) is 0 Å². The molecule has 6 nitrogen and oxygen atoms in total. The zero-order valence-corrected chi connectivity index (χ0v) is 14.1. The molecule has 0 amide bonds. The lowest BCUT2D eigenvalue weighted by Gasteiger charge is -2.14. The largest absolute Gasteiger partial charge is 0.481 e. The van der Waals surface area contributed by atoms with Gasteiger partial charge in [0, 0.05) is 16.3 Å². The molecule has 26 heavy (non-hydrogen) atoms. The Kier molecular flexibility index (Phi) is 3.80. The quantitative estimate of drug-likeness (QED) is 0.592. The number of H-pyrrole nitrogens is 1. The van der Waals surface area contributed by atoms with E-state index in [2.05, 4.69) is 10.1 Å². The van der Waals surface area contributed by atoms with E-state index in [0.29, 0.717) is 23.0 Å². The van der Waals surface area contributed by atoms with E-state index in [-0.39, 0.29) is 11.1 Å². The van der Waals surface area contributed by atoms with Gasteiger partial charge in [0.15, 0.2) is 5.52 Å². The van der Waals surface area contributed by atoms with Gasteiger partial charge in [-0.3, -0.25) is 9.59 Å². The predicted octanol–water partition coefficient (Wildman–Crippen LogP) is 3.45. The minimum atomic E-state index is -0.934. The Bertz CT molecular complexity index is 1180. The monoisotopic (exact) mass is 347 g/mol. The molecule has 4 aromatic rings. The molecule has 130 valence electrons. The highest BCUT2D eigenvalue weighted by Crippen LogP contribution is 2.33. The molecule has 2 N–H and O–H groups in total. The van der Waals surface area contributed by atoms with E-state index in [0.717, 1.165) is 11.1 Å². The van der Waals surface area contributed by atoms with Crippen molar-refractivity contribution in [1.29, 1.82) is 0 Å². The van der Waals surface area contributed by atoms with Crippen LogP contribution in [0.15, 0.2) is 59.4 Å². The molecule has 2 aromatic heterocycles. The standard InChI is InChI=1S/C20H17N3O3/c1-2-13(20(25)26)18-16-14-10-6-7-11-15(14)21-19(24)17(16)22-23(18)12-8-4-3-5-9-12/h3-11,13H,2H2,1H3,(H,21,24)(H,25,26). The third kappa shape index (κ3) is 2.38. The second-order valence-electron chi connectivity index (χ2n) is 6.15. The number of aromatic nitrogens is 3. The van der Waals surface area contributed by atoms with Crippen molar-refractivity contribution < 1.29 is 9.90 Å². The smallest absolute Gasteiger partial charge is 0.312 e. The average molecular weight is 347 g/mol. The molecular weight excluding hydrogens is 330 g/mol. The molecule has 0 fully saturated rings. The van der Waals surface area contributed by atoms with Crippen LogP contribution in [0.3, 0.4) is 0 Å². The first kappa shape index (κ1) is 16.1. The summed E-state index contributed by atoms with van der Waals surface area (Å²) in [6, 6.07) is 16.7. The summed E-state index contributed by atoms with van der Waals surface area (Å²) in [5.74, 6) is -1.71. The number of aromatic amines is 1. The first-order valence-corrected chi connectivity index (χ1v) is 8.43. The van der Waals surface area contributed by atoms with Crippen LogP contribution in [0.5, 0.6) is 0 Å². The van der Waals surface area contributed by atoms with Crippen LogP contribution in [0.25, 0.3) is 27.5 Å². The van der Waals surface area contributed by atoms with Crippen molar-refractivity contribution in [3.63, 3.8) is 0 Å². The summed E-state index contributed by atoms with van der Waals surface area (Å²) in [5.41, 5.74) is 1.85. The Balaban J connectivity index is 2.22. The number of para-hydroxylation sites is 2. The summed E-state index contributed by atoms with van der Waals surface area (Å²) in [4.78, 5) is 27.4. The molecule has 0 bridgehead atoms. The molecule has 0 saturated carbocycles. The first-order valence-electron chi connectivity index (χ1n) is 8.43. The number of carboxylic acid groups (broad SMARTS) is 1. The maximum absolute atomic E-state index is 12.6. The van der Waals surface area contributed by atoms with Crippen molar-refractivity contribution in [3.05, 3.63) is 70.6 Å². The van der Waals surface area contributed by atoms with Crippen molar-refractivity contribution in [2.24, 2.45) is 0 Å². The second-order valence-corrected chi connectivity index (χ2v) is 6.15. The summed E-state index contributed by atoms with van der Waals surface area (Å²) in [7, 11) is 0. The van der Waals surface area contributed by atoms with Gasteiger partial charge in [-0.2, -0.15) is 5.10 Å². The predicted molar refractivity (Wildman–Crippen MR) is 99.9 cm³/mol. The van der Waals surface area contributed by atoms with Gasteiger partial charge < -0.3 is 10.1 Å². The summed E-state index contributed by atoms with van der Waals surface area (Å²) >= 11 is 0. The highest BCUT2D eigenvalue weighted by Gasteiger charge is 2.28. The lowest BCUT2D eigenvalue weighted by Crippen LogP contribution is -2.15. The Hall–Kier alpha value is -3.41. The molecule has 0 aliphatic rings. The van der Waals surface area contributed by atoms with Gasteiger partial charge >= 0.3 is 5.97 Å². The van der Waals surface area contributed by atoms with E-state index in [1.807, 2.05) is 61.5 Å². The van der Waals surface area contributed by atoms with Gasteiger partial charge in [-0.1, -0.05) is 43.3 Å². The molecule has 0 aliphatic carbocycles. The highest BCUT2D eigenvalue weighted by atomic mass is 16.4. The highest BCUT2D eigenvalue weighted by molar-refractivity contribution is 6.07. The Morgan fingerprint density at radius 1 is 1.15 bits per heavy atom. The lowest BCUT2D eigenvalue weighted by molar-refractivity contribution is -0.139. The van der Waals surface area contributed by atoms with Crippen LogP contribution in [-0.2, 0) is 4.79 Å². The molecular formula is C20H17N3O3. The Morgan fingerprint density at radius 2 is 1.85 bits per heavy atom. The molecule has 4 rings (SSSR count). The van der Waals surface area contributed by atoms with Crippen molar-refractivity contribution in [1.82, 2.24) is 14.8 Å². The van der Waals surface area contributed by atoms with E-state index in [4.69, 9.17) is 0 Å². The minimum Gasteiger partial charge on any atom is -0.481 e. The Labute approximate surface area is 148 Å². The normalized spacial score (nSPS) is 12.5. The number of hydrogen-bond donors (Lipinski definition) is 2. The summed E-state index contributed by atoms with van der Waals surface area (Å²) in [6.07, 6.45) is 0.393. The van der Waals surface area contributed by atoms with Gasteiger partial charge in [0.25, 0.3) is 5.56 Å². The van der Waals surface area contributed by atoms with Gasteiger partial charge in [-0.15, -0.1) is 0 Å². The number of fused-ring (bicyclic) bond motifs is 3. The molecule has 0 radical (unpaired) electrons. The average Bonchev–Trinajstić information content (AvgIpc) is 3.04. The fourth-order valence-electron chi connectivity index (χ4n) is 3.42. The summed E-state index contributed by atoms with van der Waals surface area (Å²) < 4.78 is 1.59. The lowest BCUT2D eigenvalue weighted by atomic mass is 9.97. The fourth-order valence-corrected chi connectivity index (χ4v) is 3.42. The molecule has 1 atom stereocenters. The molecule has 0 aliphatic heterocycles. The molecule has 2 aromatic carbocycles. The van der Waals surface area contributed by atoms with Gasteiger partial charge in [0.2, 0.25) is 0 Å². The van der Waals surface area contributed by atoms with Crippen LogP contribution >= 0.6 is 0 Å². The number of nitrogens with zero attached hydrogens (tertiary/aromatic N) is 2. The topological polar surface area (TPSA) is 88.0 Å². The van der Waals surface area contributed by atoms with Gasteiger partial charge in [-0.25, -0.2) is 4.68 Å². The molecule has 6 heteroatoms. The maximum Gasteiger partial charge on any atom is 0.312 e. The number of aliphatic carboxylic acids is 1. The molecule has 0 spiro atoms. The summed E-state index contributed by atoms with van der Waals surface area (Å²) in [5, 5.41) is 15.7. The number of pyridine rings is 1. The zero-order valence-electron chi connectivity index (χ0n) is 14.1. The number of benzene rings is 2. The second kappa shape index (κ2) is 6.15. The number of carbonyl (C=O) groups is 1. The third-order valence-electron chi connectivity index (χ3n) is 4.62. The number of carboxylic acids is 1. The molecule has 1 unspecified atom stereocenters. The zero-order chi connectivity index (χ0) is 18.3.